The Labute approximate surface area is 279 Å². The molecule has 252 valence electrons. The Morgan fingerprint density at radius 2 is 1.51 bits per heavy atom. The van der Waals surface area contributed by atoms with Crippen LogP contribution in [0, 0.1) is 17.8 Å². The summed E-state index contributed by atoms with van der Waals surface area (Å²) in [5, 5.41) is 9.58. The summed E-state index contributed by atoms with van der Waals surface area (Å²) < 4.78 is 7.00. The fraction of sp³-hybridized carbons (Fsp3) is 0.500. The predicted octanol–water partition coefficient (Wildman–Crippen LogP) is 5.05. The molecule has 0 radical (unpaired) electrons. The van der Waals surface area contributed by atoms with Gasteiger partial charge in [0.25, 0.3) is 5.91 Å². The number of amides is 3. The Bertz CT molecular complexity index is 1460. The average Bonchev–Trinajstić information content (AvgIpc) is 3.59. The van der Waals surface area contributed by atoms with Crippen LogP contribution >= 0.6 is 0 Å². The van der Waals surface area contributed by atoms with Gasteiger partial charge in [-0.05, 0) is 82.3 Å². The number of likely N-dealkylation sites (tertiary alicyclic amines) is 1. The van der Waals surface area contributed by atoms with Crippen molar-refractivity contribution in [1.29, 1.82) is 0 Å². The van der Waals surface area contributed by atoms with Crippen LogP contribution in [0.4, 0.5) is 17.1 Å². The molecule has 3 fully saturated rings. The summed E-state index contributed by atoms with van der Waals surface area (Å²) in [6.45, 7) is 18.5. The summed E-state index contributed by atoms with van der Waals surface area (Å²) in [5.74, 6) is -2.41. The number of unbranched alkanes of at least 4 members (excludes halogenated alkanes) is 1. The molecule has 2 aromatic rings. The van der Waals surface area contributed by atoms with Gasteiger partial charge in [-0.25, -0.2) is 0 Å². The zero-order valence-electron chi connectivity index (χ0n) is 28.3. The summed E-state index contributed by atoms with van der Waals surface area (Å²) in [6.07, 6.45) is 4.86. The van der Waals surface area contributed by atoms with E-state index >= 15 is 0 Å². The minimum absolute atomic E-state index is 0.0169. The van der Waals surface area contributed by atoms with E-state index in [2.05, 4.69) is 38.8 Å². The first kappa shape index (κ1) is 34.4. The van der Waals surface area contributed by atoms with Crippen molar-refractivity contribution in [3.63, 3.8) is 0 Å². The van der Waals surface area contributed by atoms with Gasteiger partial charge in [0.15, 0.2) is 0 Å². The van der Waals surface area contributed by atoms with Gasteiger partial charge >= 0.3 is 0 Å². The van der Waals surface area contributed by atoms with E-state index in [1.807, 2.05) is 61.5 Å². The van der Waals surface area contributed by atoms with Gasteiger partial charge in [0.1, 0.15) is 11.6 Å². The van der Waals surface area contributed by atoms with Crippen LogP contribution < -0.4 is 14.7 Å². The lowest BCUT2D eigenvalue weighted by Crippen LogP contribution is -2.57. The lowest BCUT2D eigenvalue weighted by Gasteiger charge is -2.39. The number of aliphatic hydroxyl groups excluding tert-OH is 1. The predicted molar refractivity (Wildman–Crippen MR) is 186 cm³/mol. The van der Waals surface area contributed by atoms with Gasteiger partial charge in [-0.2, -0.15) is 0 Å². The van der Waals surface area contributed by atoms with Crippen LogP contribution in [0.2, 0.25) is 0 Å². The zero-order valence-corrected chi connectivity index (χ0v) is 28.3. The molecule has 0 aliphatic carbocycles. The molecule has 3 saturated heterocycles. The molecule has 6 atom stereocenters. The molecule has 5 rings (SSSR count). The molecule has 1 spiro atoms. The van der Waals surface area contributed by atoms with Crippen LogP contribution in [-0.2, 0) is 19.1 Å². The number of rotatable bonds is 15. The van der Waals surface area contributed by atoms with Crippen LogP contribution in [0.25, 0.3) is 0 Å². The average molecular weight is 643 g/mol. The Kier molecular flexibility index (Phi) is 10.3. The molecular weight excluding hydrogens is 592 g/mol. The van der Waals surface area contributed by atoms with Gasteiger partial charge in [-0.1, -0.05) is 37.3 Å². The molecule has 3 unspecified atom stereocenters. The van der Waals surface area contributed by atoms with E-state index < -0.39 is 29.1 Å². The number of carbonyl (C=O) groups is 3. The van der Waals surface area contributed by atoms with Gasteiger partial charge in [0, 0.05) is 56.4 Å². The topological polar surface area (TPSA) is 93.6 Å². The summed E-state index contributed by atoms with van der Waals surface area (Å²) in [5.41, 5.74) is 0.353. The second kappa shape index (κ2) is 14.0. The van der Waals surface area contributed by atoms with Crippen molar-refractivity contribution in [3.05, 3.63) is 79.9 Å². The lowest BCUT2D eigenvalue weighted by atomic mass is 9.62. The molecule has 47 heavy (non-hydrogen) atoms. The fourth-order valence-electron chi connectivity index (χ4n) is 8.29. The third-order valence-electron chi connectivity index (χ3n) is 10.6. The minimum Gasteiger partial charge on any atom is -0.396 e. The van der Waals surface area contributed by atoms with E-state index in [4.69, 9.17) is 4.74 Å². The molecular formula is C38H50N4O5. The first-order chi connectivity index (χ1) is 22.6. The second-order valence-electron chi connectivity index (χ2n) is 13.2. The van der Waals surface area contributed by atoms with Crippen LogP contribution in [0.1, 0.15) is 47.0 Å². The fourth-order valence-corrected chi connectivity index (χ4v) is 8.29. The third-order valence-corrected chi connectivity index (χ3v) is 10.6. The first-order valence-electron chi connectivity index (χ1n) is 17.0. The zero-order chi connectivity index (χ0) is 33.9. The standard InChI is InChI=1S/C38H50N4O5/c1-7-22-40(29-16-12-11-13-17-29)34(44)31-32-35(45)42(24-14-15-25-43)33(38(32)26-27(5)37(31,6)47-38)36(46)41(23-8-2)30-20-18-28(19-21-30)39(9-3)10-4/h7-8,11-13,16-21,27,31-33,43H,1-2,9-10,14-15,22-26H2,3-6H3/t27?,31-,32-,33?,37+,38?/m0/s1. The van der Waals surface area contributed by atoms with E-state index in [-0.39, 0.29) is 49.9 Å². The number of hydrogen-bond acceptors (Lipinski definition) is 6. The number of nitrogens with zero attached hydrogens (tertiary/aromatic N) is 4. The molecule has 0 aromatic heterocycles. The Morgan fingerprint density at radius 1 is 0.936 bits per heavy atom. The number of carbonyl (C=O) groups excluding carboxylic acids is 3. The van der Waals surface area contributed by atoms with Gasteiger partial charge in [-0.15, -0.1) is 13.2 Å². The first-order valence-corrected chi connectivity index (χ1v) is 17.0. The van der Waals surface area contributed by atoms with Crippen LogP contribution in [-0.4, -0.2) is 84.3 Å². The smallest absolute Gasteiger partial charge is 0.253 e. The molecule has 3 aliphatic heterocycles. The van der Waals surface area contributed by atoms with E-state index in [1.165, 1.54) is 0 Å². The summed E-state index contributed by atoms with van der Waals surface area (Å²) >= 11 is 0. The lowest BCUT2D eigenvalue weighted by molar-refractivity contribution is -0.145. The molecule has 3 aliphatic rings. The molecule has 0 saturated carbocycles. The molecule has 1 N–H and O–H groups in total. The van der Waals surface area contributed by atoms with Crippen molar-refractivity contribution in [2.24, 2.45) is 17.8 Å². The van der Waals surface area contributed by atoms with Gasteiger partial charge in [0.05, 0.1) is 17.4 Å². The van der Waals surface area contributed by atoms with Gasteiger partial charge < -0.3 is 29.4 Å². The second-order valence-corrected chi connectivity index (χ2v) is 13.2. The molecule has 9 heteroatoms. The quantitative estimate of drug-likeness (QED) is 0.216. The van der Waals surface area contributed by atoms with Crippen molar-refractivity contribution in [2.45, 2.75) is 64.2 Å². The Balaban J connectivity index is 1.58. The number of ether oxygens (including phenoxy) is 1. The number of benzene rings is 2. The summed E-state index contributed by atoms with van der Waals surface area (Å²) in [4.78, 5) is 51.5. The number of anilines is 3. The maximum atomic E-state index is 15.0. The molecule has 3 heterocycles. The van der Waals surface area contributed by atoms with Gasteiger partial charge in [-0.3, -0.25) is 14.4 Å². The maximum absolute atomic E-state index is 15.0. The van der Waals surface area contributed by atoms with Crippen molar-refractivity contribution in [3.8, 4) is 0 Å². The highest BCUT2D eigenvalue weighted by Crippen LogP contribution is 2.65. The molecule has 3 amide bonds. The van der Waals surface area contributed by atoms with Crippen LogP contribution in [0.3, 0.4) is 0 Å². The largest absolute Gasteiger partial charge is 0.396 e. The highest BCUT2D eigenvalue weighted by molar-refractivity contribution is 6.07. The Hall–Kier alpha value is -3.95. The van der Waals surface area contributed by atoms with E-state index in [0.717, 1.165) is 18.8 Å². The van der Waals surface area contributed by atoms with E-state index in [9.17, 15) is 19.5 Å². The van der Waals surface area contributed by atoms with Crippen LogP contribution in [0.15, 0.2) is 79.9 Å². The molecule has 2 bridgehead atoms. The van der Waals surface area contributed by atoms with Crippen LogP contribution in [0.5, 0.6) is 0 Å². The number of hydrogen-bond donors (Lipinski definition) is 1. The number of aliphatic hydroxyl groups is 1. The Morgan fingerprint density at radius 3 is 2.09 bits per heavy atom. The SMILES string of the molecule is C=CCN(C(=O)C1N(CCCCO)C(=O)[C@@H]2[C@@H](C(=O)N(CC=C)c3ccccc3)[C@]3(C)OC12CC3C)c1ccc(N(CC)CC)cc1. The minimum atomic E-state index is -1.18. The summed E-state index contributed by atoms with van der Waals surface area (Å²) in [6, 6.07) is 16.4. The monoisotopic (exact) mass is 642 g/mol. The summed E-state index contributed by atoms with van der Waals surface area (Å²) in [7, 11) is 0. The van der Waals surface area contributed by atoms with Crippen molar-refractivity contribution < 1.29 is 24.2 Å². The highest BCUT2D eigenvalue weighted by atomic mass is 16.5. The molecule has 9 nitrogen and oxygen atoms in total. The van der Waals surface area contributed by atoms with Crippen molar-refractivity contribution in [1.82, 2.24) is 4.90 Å². The van der Waals surface area contributed by atoms with E-state index in [1.54, 1.807) is 26.9 Å². The highest BCUT2D eigenvalue weighted by Gasteiger charge is 2.80. The molecule has 2 aromatic carbocycles. The third kappa shape index (κ3) is 5.78. The normalized spacial score (nSPS) is 27.4. The van der Waals surface area contributed by atoms with Crippen molar-refractivity contribution in [2.75, 3.05) is 54.0 Å². The number of para-hydroxylation sites is 1. The van der Waals surface area contributed by atoms with Crippen molar-refractivity contribution >= 4 is 34.8 Å². The number of fused-ring (bicyclic) bond motifs is 1. The maximum Gasteiger partial charge on any atom is 0.253 e. The van der Waals surface area contributed by atoms with E-state index in [0.29, 0.717) is 30.6 Å². The van der Waals surface area contributed by atoms with Gasteiger partial charge in [0.2, 0.25) is 11.8 Å².